The fourth-order valence-electron chi connectivity index (χ4n) is 12.2. The Morgan fingerprint density at radius 3 is 2.59 bits per heavy atom. The van der Waals surface area contributed by atoms with Crippen LogP contribution in [-0.2, 0) is 32.7 Å². The number of aryl methyl sites for hydroxylation is 1. The van der Waals surface area contributed by atoms with Gasteiger partial charge in [-0.05, 0) is 74.2 Å². The molecule has 1 aromatic heterocycles. The van der Waals surface area contributed by atoms with Crippen LogP contribution >= 0.6 is 11.8 Å². The second-order valence-corrected chi connectivity index (χ2v) is 19.5. The summed E-state index contributed by atoms with van der Waals surface area (Å²) in [7, 11) is 5.02. The standard InChI is InChI=1S/C52H51N5O11S/c1-8-15-64-38-18-28-13-14-56(50(60)31-21-54-33-12-10-9-11-30(31)33)52(32(28)19-37(38)62-6)23-69-49-41-40(48-47(66-24-67-48)26(3)46(41)68-27(4)58)36(22-65-51(52)61)57-35(20-53)34-17-29-16-25(2)45(63-7)44(59)39(29)42(43(49)57)55(34)5/h8-12,16,18-19,21,34-36,42-43,49,54,59H,1,13-15,17,22-24H2,2-7H3/t34-,35-,36+,42+,43+,49+,52+/m0/s1. The number of phenolic OH excluding ortho intramolecular Hbond substituents is 1. The van der Waals surface area contributed by atoms with E-state index in [0.717, 1.165) is 22.2 Å². The Morgan fingerprint density at radius 1 is 1.04 bits per heavy atom. The molecule has 7 aliphatic heterocycles. The van der Waals surface area contributed by atoms with Crippen molar-refractivity contribution in [2.24, 2.45) is 0 Å². The molecule has 5 aromatic rings. The lowest BCUT2D eigenvalue weighted by molar-refractivity contribution is -0.162. The number of para-hydroxylation sites is 1. The molecule has 0 saturated carbocycles. The van der Waals surface area contributed by atoms with Gasteiger partial charge in [0.15, 0.2) is 40.0 Å². The van der Waals surface area contributed by atoms with Gasteiger partial charge in [-0.25, -0.2) is 4.79 Å². The van der Waals surface area contributed by atoms with Crippen LogP contribution in [0.5, 0.6) is 40.2 Å². The highest BCUT2D eigenvalue weighted by molar-refractivity contribution is 7.99. The number of H-pyrrole nitrogens is 1. The van der Waals surface area contributed by atoms with E-state index in [9.17, 15) is 15.2 Å². The van der Waals surface area contributed by atoms with Crippen LogP contribution in [-0.4, -0.2) is 114 Å². The minimum atomic E-state index is -1.79. The number of aromatic amines is 1. The molecule has 17 heteroatoms. The molecule has 2 fully saturated rings. The summed E-state index contributed by atoms with van der Waals surface area (Å²) >= 11 is 1.39. The van der Waals surface area contributed by atoms with E-state index < -0.39 is 46.9 Å². The number of aromatic nitrogens is 1. The van der Waals surface area contributed by atoms with Gasteiger partial charge in [-0.3, -0.25) is 19.4 Å². The summed E-state index contributed by atoms with van der Waals surface area (Å²) in [5.74, 6) is 0.509. The lowest BCUT2D eigenvalue weighted by atomic mass is 9.71. The molecule has 356 valence electrons. The average Bonchev–Trinajstić information content (AvgIpc) is 4.01. The van der Waals surface area contributed by atoms with Gasteiger partial charge in [0.25, 0.3) is 5.91 Å². The number of esters is 2. The molecule has 12 rings (SSSR count). The van der Waals surface area contributed by atoms with Crippen LogP contribution in [0.15, 0.2) is 61.3 Å². The van der Waals surface area contributed by atoms with E-state index in [-0.39, 0.29) is 55.8 Å². The minimum absolute atomic E-state index is 0.000366. The highest BCUT2D eigenvalue weighted by Gasteiger charge is 2.63. The van der Waals surface area contributed by atoms with Crippen LogP contribution in [0.3, 0.4) is 0 Å². The summed E-state index contributed by atoms with van der Waals surface area (Å²) < 4.78 is 43.4. The van der Waals surface area contributed by atoms with Crippen molar-refractivity contribution in [2.45, 2.75) is 74.6 Å². The predicted molar refractivity (Wildman–Crippen MR) is 253 cm³/mol. The third-order valence-corrected chi connectivity index (χ3v) is 16.5. The molecule has 0 unspecified atom stereocenters. The number of amides is 1. The monoisotopic (exact) mass is 953 g/mol. The number of rotatable bonds is 7. The van der Waals surface area contributed by atoms with E-state index in [0.29, 0.717) is 80.4 Å². The van der Waals surface area contributed by atoms with E-state index in [1.54, 1.807) is 23.2 Å². The zero-order valence-electron chi connectivity index (χ0n) is 39.0. The molecular weight excluding hydrogens is 903 g/mol. The molecule has 4 aromatic carbocycles. The first-order valence-electron chi connectivity index (χ1n) is 22.9. The van der Waals surface area contributed by atoms with Gasteiger partial charge in [0.2, 0.25) is 6.79 Å². The summed E-state index contributed by atoms with van der Waals surface area (Å²) in [6, 6.07) is 12.6. The van der Waals surface area contributed by atoms with Crippen molar-refractivity contribution in [1.82, 2.24) is 19.7 Å². The molecule has 69 heavy (non-hydrogen) atoms. The number of nitrogens with zero attached hydrogens (tertiary/aromatic N) is 4. The zero-order chi connectivity index (χ0) is 48.2. The molecule has 7 atom stereocenters. The fourth-order valence-corrected chi connectivity index (χ4v) is 13.9. The normalized spacial score (nSPS) is 25.4. The number of aromatic hydroxyl groups is 1. The molecule has 0 radical (unpaired) electrons. The number of hydrogen-bond donors (Lipinski definition) is 2. The number of methoxy groups -OCH3 is 2. The molecular formula is C52H51N5O11S. The lowest BCUT2D eigenvalue weighted by Gasteiger charge is -2.62. The third-order valence-electron chi connectivity index (χ3n) is 15.1. The van der Waals surface area contributed by atoms with Crippen molar-refractivity contribution < 1.29 is 52.6 Å². The Balaban J connectivity index is 1.19. The van der Waals surface area contributed by atoms with Gasteiger partial charge in [0.05, 0.1) is 43.2 Å². The number of thioether (sulfide) groups is 1. The smallest absolute Gasteiger partial charge is 0.337 e. The van der Waals surface area contributed by atoms with Crippen LogP contribution < -0.4 is 28.4 Å². The number of carbonyl (C=O) groups excluding carboxylic acids is 3. The highest BCUT2D eigenvalue weighted by atomic mass is 32.2. The van der Waals surface area contributed by atoms with E-state index in [1.165, 1.54) is 32.9 Å². The van der Waals surface area contributed by atoms with E-state index >= 15 is 9.59 Å². The number of nitrogens with one attached hydrogen (secondary N) is 1. The van der Waals surface area contributed by atoms with Crippen molar-refractivity contribution >= 4 is 40.5 Å². The second kappa shape index (κ2) is 16.7. The molecule has 2 N–H and O–H groups in total. The van der Waals surface area contributed by atoms with E-state index in [1.807, 2.05) is 57.3 Å². The molecule has 8 heterocycles. The Hall–Kier alpha value is -6.87. The van der Waals surface area contributed by atoms with Crippen molar-refractivity contribution in [3.05, 3.63) is 111 Å². The number of benzene rings is 4. The van der Waals surface area contributed by atoms with Crippen molar-refractivity contribution in [3.8, 4) is 46.3 Å². The largest absolute Gasteiger partial charge is 0.504 e. The summed E-state index contributed by atoms with van der Waals surface area (Å²) in [4.78, 5) is 53.9. The molecule has 7 aliphatic rings. The van der Waals surface area contributed by atoms with Gasteiger partial charge in [-0.2, -0.15) is 5.26 Å². The Bertz CT molecular complexity index is 3070. The lowest BCUT2D eigenvalue weighted by Crippen LogP contribution is -2.69. The van der Waals surface area contributed by atoms with Gasteiger partial charge < -0.3 is 48.1 Å². The van der Waals surface area contributed by atoms with Gasteiger partial charge in [-0.1, -0.05) is 36.9 Å². The Labute approximate surface area is 402 Å². The number of likely N-dealkylation sites (N-methyl/N-ethyl adjacent to an activating group) is 1. The van der Waals surface area contributed by atoms with Gasteiger partial charge in [-0.15, -0.1) is 11.8 Å². The number of fused-ring (bicyclic) bond motifs is 10. The maximum atomic E-state index is 15.9. The Morgan fingerprint density at radius 2 is 1.84 bits per heavy atom. The molecule has 0 aliphatic carbocycles. The van der Waals surface area contributed by atoms with Gasteiger partial charge >= 0.3 is 11.9 Å². The first kappa shape index (κ1) is 44.6. The fraction of sp³-hybridized carbons (Fsp3) is 0.385. The minimum Gasteiger partial charge on any atom is -0.504 e. The number of nitriles is 1. The van der Waals surface area contributed by atoms with Crippen LogP contribution in [0.4, 0.5) is 0 Å². The van der Waals surface area contributed by atoms with Crippen LogP contribution in [0, 0.1) is 25.2 Å². The summed E-state index contributed by atoms with van der Waals surface area (Å²) in [5, 5.41) is 23.7. The number of hydrogen-bond acceptors (Lipinski definition) is 15. The molecule has 1 amide bonds. The highest BCUT2D eigenvalue weighted by Crippen LogP contribution is 2.65. The van der Waals surface area contributed by atoms with Crippen LogP contribution in [0.1, 0.15) is 79.1 Å². The number of ether oxygens (including phenoxy) is 7. The van der Waals surface area contributed by atoms with Crippen LogP contribution in [0.25, 0.3) is 10.9 Å². The summed E-state index contributed by atoms with van der Waals surface area (Å²) in [6.45, 7) is 8.78. The van der Waals surface area contributed by atoms with Crippen molar-refractivity contribution in [2.75, 3.05) is 53.6 Å². The summed E-state index contributed by atoms with van der Waals surface area (Å²) in [6.07, 6.45) is 4.12. The molecule has 1 spiro atoms. The number of piperazine rings is 1. The SMILES string of the molecule is C=CCOc1cc2c(cc1OC)[C@@]1(CS[C@@H]3c4c(OC(C)=O)c(C)c5c(c4[C@@H](COC1=O)N1[C@@H]3[C@H]3c4c(cc(C)c(OC)c4O)C[C@@H]([C@@H]1C#N)N3C)OCO5)N(C(=O)c1c[nH]c3ccccc13)CC2. The zero-order valence-corrected chi connectivity index (χ0v) is 39.9. The third kappa shape index (κ3) is 6.37. The predicted octanol–water partition coefficient (Wildman–Crippen LogP) is 6.88. The first-order valence-corrected chi connectivity index (χ1v) is 24.0. The van der Waals surface area contributed by atoms with Crippen LogP contribution in [0.2, 0.25) is 0 Å². The van der Waals surface area contributed by atoms with Gasteiger partial charge in [0.1, 0.15) is 25.0 Å². The summed E-state index contributed by atoms with van der Waals surface area (Å²) in [5.41, 5.74) is 4.65. The van der Waals surface area contributed by atoms with Gasteiger partial charge in [0, 0.05) is 70.7 Å². The first-order chi connectivity index (χ1) is 33.4. The number of phenols is 1. The van der Waals surface area contributed by atoms with Crippen molar-refractivity contribution in [1.29, 1.82) is 5.26 Å². The quantitative estimate of drug-likeness (QED) is 0.0977. The Kier molecular flexibility index (Phi) is 10.8. The van der Waals surface area contributed by atoms with E-state index in [2.05, 4.69) is 27.4 Å². The molecule has 16 nitrogen and oxygen atoms in total. The topological polar surface area (TPSA) is 185 Å². The molecule has 2 saturated heterocycles. The van der Waals surface area contributed by atoms with E-state index in [4.69, 9.17) is 33.2 Å². The maximum absolute atomic E-state index is 15.9. The number of carbonyl (C=O) groups is 3. The average molecular weight is 954 g/mol. The molecule has 4 bridgehead atoms. The van der Waals surface area contributed by atoms with Crippen molar-refractivity contribution in [3.63, 3.8) is 0 Å². The second-order valence-electron chi connectivity index (χ2n) is 18.4. The maximum Gasteiger partial charge on any atom is 0.337 e.